The van der Waals surface area contributed by atoms with Crippen molar-refractivity contribution in [3.8, 4) is 46.4 Å². The highest BCUT2D eigenvalue weighted by Crippen LogP contribution is 2.33. The van der Waals surface area contributed by atoms with E-state index in [0.29, 0.717) is 5.56 Å². The molecule has 0 aliphatic carbocycles. The molecule has 174 valence electrons. The van der Waals surface area contributed by atoms with Gasteiger partial charge in [0.25, 0.3) is 0 Å². The van der Waals surface area contributed by atoms with Crippen LogP contribution in [0.5, 0.6) is 5.75 Å². The fourth-order valence-electron chi connectivity index (χ4n) is 4.41. The number of hydrogen-bond donors (Lipinski definition) is 0. The third kappa shape index (κ3) is 3.81. The van der Waals surface area contributed by atoms with E-state index in [0.717, 1.165) is 58.0 Å². The van der Waals surface area contributed by atoms with E-state index in [9.17, 15) is 5.26 Å². The summed E-state index contributed by atoms with van der Waals surface area (Å²) in [5.74, 6) is 4.31. The van der Waals surface area contributed by atoms with Gasteiger partial charge < -0.3 is 9.64 Å². The van der Waals surface area contributed by atoms with E-state index in [1.165, 1.54) is 0 Å². The summed E-state index contributed by atoms with van der Waals surface area (Å²) in [4.78, 5) is 6.89. The van der Waals surface area contributed by atoms with Crippen LogP contribution in [0.2, 0.25) is 0 Å². The largest absolute Gasteiger partial charge is 0.487 e. The van der Waals surface area contributed by atoms with Crippen molar-refractivity contribution in [3.63, 3.8) is 0 Å². The van der Waals surface area contributed by atoms with Gasteiger partial charge in [0.1, 0.15) is 23.7 Å². The number of nitrogens with zero attached hydrogens (tertiary/aromatic N) is 7. The lowest BCUT2D eigenvalue weighted by atomic mass is 10.0. The molecule has 0 radical (unpaired) electrons. The Morgan fingerprint density at radius 3 is 2.47 bits per heavy atom. The Kier molecular flexibility index (Phi) is 5.13. The van der Waals surface area contributed by atoms with Crippen LogP contribution >= 0.6 is 0 Å². The first kappa shape index (κ1) is 21.5. The fraction of sp³-hybridized carbons (Fsp3) is 0.143. The SMILES string of the molecule is C#Cc1ccc(OC2CN(c3ccc(-c4cc(-c5cnn(C)c5)cn5ncc(C#N)c45)cn3)C2)cc1. The molecule has 0 spiro atoms. The van der Waals surface area contributed by atoms with E-state index in [4.69, 9.17) is 16.1 Å². The lowest BCUT2D eigenvalue weighted by Gasteiger charge is -2.39. The molecule has 0 atom stereocenters. The van der Waals surface area contributed by atoms with Crippen LogP contribution in [0.1, 0.15) is 11.1 Å². The van der Waals surface area contributed by atoms with Crippen LogP contribution in [-0.2, 0) is 7.05 Å². The van der Waals surface area contributed by atoms with E-state index < -0.39 is 0 Å². The topological polar surface area (TPSA) is 84.3 Å². The number of rotatable bonds is 5. The molecular weight excluding hydrogens is 450 g/mol. The van der Waals surface area contributed by atoms with Crippen molar-refractivity contribution >= 4 is 11.3 Å². The zero-order valence-corrected chi connectivity index (χ0v) is 19.5. The lowest BCUT2D eigenvalue weighted by Crippen LogP contribution is -2.54. The van der Waals surface area contributed by atoms with Gasteiger partial charge in [0, 0.05) is 53.5 Å². The standard InChI is InChI=1S/C28H21N7O/c1-3-19-4-7-24(8-5-19)36-25-17-34(18-25)27-9-6-20(12-30-27)26-10-21(23-14-31-33(2)15-23)16-35-28(26)22(11-29)13-32-35/h1,4-10,12-16,25H,17-18H2,2H3. The third-order valence-corrected chi connectivity index (χ3v) is 6.33. The normalized spacial score (nSPS) is 13.2. The predicted molar refractivity (Wildman–Crippen MR) is 136 cm³/mol. The molecule has 1 aliphatic rings. The monoisotopic (exact) mass is 471 g/mol. The molecule has 8 heteroatoms. The van der Waals surface area contributed by atoms with Crippen molar-refractivity contribution in [2.45, 2.75) is 6.10 Å². The van der Waals surface area contributed by atoms with E-state index in [1.54, 1.807) is 15.4 Å². The average molecular weight is 472 g/mol. The molecule has 5 aromatic rings. The minimum absolute atomic E-state index is 0.101. The van der Waals surface area contributed by atoms with Gasteiger partial charge in [0.15, 0.2) is 0 Å². The van der Waals surface area contributed by atoms with Gasteiger partial charge in [0.05, 0.1) is 36.6 Å². The summed E-state index contributed by atoms with van der Waals surface area (Å²) in [7, 11) is 1.88. The van der Waals surface area contributed by atoms with Gasteiger partial charge in [-0.15, -0.1) is 6.42 Å². The lowest BCUT2D eigenvalue weighted by molar-refractivity contribution is 0.167. The summed E-state index contributed by atoms with van der Waals surface area (Å²) in [5.41, 5.74) is 5.85. The number of ether oxygens (including phenoxy) is 1. The number of fused-ring (bicyclic) bond motifs is 1. The smallest absolute Gasteiger partial charge is 0.134 e. The number of benzene rings is 1. The molecule has 0 unspecified atom stereocenters. The first-order valence-corrected chi connectivity index (χ1v) is 11.5. The third-order valence-electron chi connectivity index (χ3n) is 6.33. The molecular formula is C28H21N7O. The van der Waals surface area contributed by atoms with Gasteiger partial charge in [-0.2, -0.15) is 15.5 Å². The summed E-state index contributed by atoms with van der Waals surface area (Å²) in [6.07, 6.45) is 14.6. The number of anilines is 1. The average Bonchev–Trinajstić information content (AvgIpc) is 3.52. The Hall–Kier alpha value is -5.08. The zero-order chi connectivity index (χ0) is 24.6. The summed E-state index contributed by atoms with van der Waals surface area (Å²) in [6.45, 7) is 1.51. The van der Waals surface area contributed by atoms with E-state index in [-0.39, 0.29) is 6.10 Å². The van der Waals surface area contributed by atoms with Gasteiger partial charge in [-0.25, -0.2) is 9.50 Å². The highest BCUT2D eigenvalue weighted by Gasteiger charge is 2.29. The number of aryl methyl sites for hydroxylation is 1. The second-order valence-electron chi connectivity index (χ2n) is 8.73. The Morgan fingerprint density at radius 1 is 0.972 bits per heavy atom. The first-order chi connectivity index (χ1) is 17.6. The number of terminal acetylenes is 1. The number of pyridine rings is 2. The van der Waals surface area contributed by atoms with Crippen molar-refractivity contribution in [1.29, 1.82) is 5.26 Å². The minimum atomic E-state index is 0.101. The molecule has 1 fully saturated rings. The maximum atomic E-state index is 9.64. The van der Waals surface area contributed by atoms with Crippen LogP contribution in [0.4, 0.5) is 5.82 Å². The summed E-state index contributed by atoms with van der Waals surface area (Å²) in [6, 6.07) is 15.9. The molecule has 6 rings (SSSR count). The Labute approximate surface area is 208 Å². The molecule has 5 heterocycles. The van der Waals surface area contributed by atoms with Gasteiger partial charge >= 0.3 is 0 Å². The Bertz CT molecular complexity index is 1640. The van der Waals surface area contributed by atoms with Gasteiger partial charge in [-0.3, -0.25) is 4.68 Å². The van der Waals surface area contributed by atoms with Crippen LogP contribution in [0.15, 0.2) is 73.4 Å². The molecule has 8 nitrogen and oxygen atoms in total. The summed E-state index contributed by atoms with van der Waals surface area (Å²) in [5, 5.41) is 18.3. The highest BCUT2D eigenvalue weighted by molar-refractivity contribution is 5.87. The molecule has 0 amide bonds. The quantitative estimate of drug-likeness (QED) is 0.361. The predicted octanol–water partition coefficient (Wildman–Crippen LogP) is 3.92. The van der Waals surface area contributed by atoms with Crippen LogP contribution in [0.3, 0.4) is 0 Å². The van der Waals surface area contributed by atoms with Crippen molar-refractivity contribution < 1.29 is 4.74 Å². The Balaban J connectivity index is 1.24. The van der Waals surface area contributed by atoms with Crippen LogP contribution in [0, 0.1) is 23.7 Å². The Morgan fingerprint density at radius 2 is 1.81 bits per heavy atom. The van der Waals surface area contributed by atoms with Crippen molar-refractivity contribution in [1.82, 2.24) is 24.4 Å². The highest BCUT2D eigenvalue weighted by atomic mass is 16.5. The minimum Gasteiger partial charge on any atom is -0.487 e. The maximum Gasteiger partial charge on any atom is 0.134 e. The van der Waals surface area contributed by atoms with Crippen molar-refractivity contribution in [2.24, 2.45) is 7.05 Å². The van der Waals surface area contributed by atoms with Crippen molar-refractivity contribution in [3.05, 3.63) is 84.6 Å². The number of hydrogen-bond acceptors (Lipinski definition) is 6. The van der Waals surface area contributed by atoms with E-state index in [1.807, 2.05) is 68.2 Å². The molecule has 0 bridgehead atoms. The summed E-state index contributed by atoms with van der Waals surface area (Å²) < 4.78 is 9.54. The molecule has 4 aromatic heterocycles. The van der Waals surface area contributed by atoms with Crippen LogP contribution < -0.4 is 9.64 Å². The van der Waals surface area contributed by atoms with Gasteiger partial charge in [0.2, 0.25) is 0 Å². The molecule has 0 saturated carbocycles. The van der Waals surface area contributed by atoms with Gasteiger partial charge in [-0.05, 0) is 42.5 Å². The maximum absolute atomic E-state index is 9.64. The second kappa shape index (κ2) is 8.61. The van der Waals surface area contributed by atoms with Gasteiger partial charge in [-0.1, -0.05) is 5.92 Å². The molecule has 1 saturated heterocycles. The van der Waals surface area contributed by atoms with E-state index in [2.05, 4.69) is 33.2 Å². The number of aromatic nitrogens is 5. The molecule has 1 aliphatic heterocycles. The summed E-state index contributed by atoms with van der Waals surface area (Å²) >= 11 is 0. The van der Waals surface area contributed by atoms with Crippen LogP contribution in [0.25, 0.3) is 27.8 Å². The van der Waals surface area contributed by atoms with E-state index >= 15 is 0 Å². The number of nitriles is 1. The molecule has 0 N–H and O–H groups in total. The molecule has 36 heavy (non-hydrogen) atoms. The molecule has 1 aromatic carbocycles. The fourth-order valence-corrected chi connectivity index (χ4v) is 4.41. The second-order valence-corrected chi connectivity index (χ2v) is 8.73. The van der Waals surface area contributed by atoms with Crippen LogP contribution in [-0.4, -0.2) is 43.6 Å². The zero-order valence-electron chi connectivity index (χ0n) is 19.5. The first-order valence-electron chi connectivity index (χ1n) is 11.5. The van der Waals surface area contributed by atoms with Crippen molar-refractivity contribution in [2.75, 3.05) is 18.0 Å².